The molecule has 7 nitrogen and oxygen atoms in total. The molecule has 2 atom stereocenters. The zero-order chi connectivity index (χ0) is 29.6. The van der Waals surface area contributed by atoms with Crippen LogP contribution in [0.1, 0.15) is 24.5 Å². The molecule has 2 heterocycles. The predicted octanol–water partition coefficient (Wildman–Crippen LogP) is 5.50. The summed E-state index contributed by atoms with van der Waals surface area (Å²) in [6.45, 7) is 3.99. The van der Waals surface area contributed by atoms with Gasteiger partial charge in [0.25, 0.3) is 5.91 Å². The number of nitrogens with one attached hydrogen (secondary N) is 1. The van der Waals surface area contributed by atoms with Gasteiger partial charge >= 0.3 is 0 Å². The van der Waals surface area contributed by atoms with Crippen molar-refractivity contribution in [2.24, 2.45) is 0 Å². The first kappa shape index (κ1) is 30.0. The van der Waals surface area contributed by atoms with Crippen molar-refractivity contribution in [2.75, 3.05) is 39.9 Å². The molecule has 0 saturated carbocycles. The second-order valence-corrected chi connectivity index (χ2v) is 11.5. The zero-order valence-corrected chi connectivity index (χ0v) is 25.3. The fourth-order valence-corrected chi connectivity index (χ4v) is 5.80. The molecule has 0 aliphatic carbocycles. The number of hydrogen-bond acceptors (Lipinski definition) is 5. The average Bonchev–Trinajstić information content (AvgIpc) is 3.00. The Morgan fingerprint density at radius 1 is 0.929 bits per heavy atom. The van der Waals surface area contributed by atoms with Crippen LogP contribution in [0.15, 0.2) is 78.4 Å². The van der Waals surface area contributed by atoms with E-state index in [2.05, 4.69) is 17.4 Å². The van der Waals surface area contributed by atoms with Crippen molar-refractivity contribution in [2.45, 2.75) is 31.8 Å². The molecule has 2 aliphatic heterocycles. The number of fused-ring (bicyclic) bond motifs is 2. The fourth-order valence-electron chi connectivity index (χ4n) is 5.51. The third-order valence-electron chi connectivity index (χ3n) is 7.72. The van der Waals surface area contributed by atoms with Gasteiger partial charge in [-0.25, -0.2) is 0 Å². The van der Waals surface area contributed by atoms with Gasteiger partial charge in [0.15, 0.2) is 0 Å². The Bertz CT molecular complexity index is 1450. The van der Waals surface area contributed by atoms with Crippen molar-refractivity contribution in [3.05, 3.63) is 99.5 Å². The number of carbonyl (C=O) groups excluding carboxylic acids is 2. The predicted molar refractivity (Wildman–Crippen MR) is 166 cm³/mol. The molecule has 2 amide bonds. The minimum Gasteiger partial charge on any atom is -0.490 e. The lowest BCUT2D eigenvalue weighted by atomic mass is 9.83. The molecule has 1 saturated heterocycles. The van der Waals surface area contributed by atoms with Crippen molar-refractivity contribution < 1.29 is 19.1 Å². The molecule has 9 heteroatoms. The molecular formula is C33H35Cl2N3O4. The minimum absolute atomic E-state index is 0.0120. The number of hydrogen-bond donors (Lipinski definition) is 1. The number of halogens is 2. The van der Waals surface area contributed by atoms with Crippen LogP contribution in [0.4, 0.5) is 0 Å². The summed E-state index contributed by atoms with van der Waals surface area (Å²) in [7, 11) is 1.85. The van der Waals surface area contributed by atoms with Crippen molar-refractivity contribution in [3.8, 4) is 11.5 Å². The van der Waals surface area contributed by atoms with E-state index in [0.717, 1.165) is 23.1 Å². The van der Waals surface area contributed by atoms with Crippen LogP contribution in [0.5, 0.6) is 11.5 Å². The Morgan fingerprint density at radius 2 is 1.62 bits per heavy atom. The Kier molecular flexibility index (Phi) is 9.73. The standard InChI is InChI=1S/C33H35Cl2N3O4/c1-22(39)38-20-25-18-28(32(31(21-38)36-25)33(40)37(2)15-14-23-6-4-3-5-7-23)24-8-10-26(11-9-24)41-16-17-42-27-12-13-29(34)30(35)19-27/h3-13,19,25,31,36H,14-18,20-21H2,1-2H3/t25?,31-/m1/s1. The second kappa shape index (κ2) is 13.6. The molecule has 0 radical (unpaired) electrons. The Balaban J connectivity index is 1.29. The van der Waals surface area contributed by atoms with Gasteiger partial charge in [0.05, 0.1) is 16.1 Å². The summed E-state index contributed by atoms with van der Waals surface area (Å²) in [6.07, 6.45) is 1.43. The topological polar surface area (TPSA) is 71.1 Å². The fraction of sp³-hybridized carbons (Fsp3) is 0.333. The van der Waals surface area contributed by atoms with Gasteiger partial charge in [0, 0.05) is 51.3 Å². The monoisotopic (exact) mass is 607 g/mol. The first-order valence-corrected chi connectivity index (χ1v) is 14.9. The van der Waals surface area contributed by atoms with Crippen LogP contribution in [0.2, 0.25) is 10.0 Å². The average molecular weight is 609 g/mol. The SMILES string of the molecule is CC(=O)N1CC2CC(c3ccc(OCCOc4ccc(Cl)c(Cl)c4)cc3)=C(C(=O)N(C)CCc3ccccc3)[C@@H](C1)N2. The molecule has 2 bridgehead atoms. The molecule has 220 valence electrons. The Labute approximate surface area is 257 Å². The van der Waals surface area contributed by atoms with E-state index >= 15 is 0 Å². The van der Waals surface area contributed by atoms with E-state index in [1.807, 2.05) is 54.4 Å². The summed E-state index contributed by atoms with van der Waals surface area (Å²) < 4.78 is 11.6. The second-order valence-electron chi connectivity index (χ2n) is 10.7. The van der Waals surface area contributed by atoms with Crippen molar-refractivity contribution in [1.29, 1.82) is 0 Å². The Morgan fingerprint density at radius 3 is 2.31 bits per heavy atom. The van der Waals surface area contributed by atoms with Crippen LogP contribution in [-0.4, -0.2) is 73.6 Å². The summed E-state index contributed by atoms with van der Waals surface area (Å²) in [5, 5.41) is 4.53. The normalized spacial score (nSPS) is 18.0. The van der Waals surface area contributed by atoms with E-state index in [1.54, 1.807) is 30.0 Å². The maximum absolute atomic E-state index is 13.9. The summed E-state index contributed by atoms with van der Waals surface area (Å²) in [5.41, 5.74) is 3.93. The lowest BCUT2D eigenvalue weighted by molar-refractivity contribution is -0.132. The molecule has 1 unspecified atom stereocenters. The summed E-state index contributed by atoms with van der Waals surface area (Å²) in [4.78, 5) is 29.8. The molecule has 3 aromatic rings. The van der Waals surface area contributed by atoms with Crippen molar-refractivity contribution in [1.82, 2.24) is 15.1 Å². The van der Waals surface area contributed by atoms with Gasteiger partial charge in [-0.15, -0.1) is 0 Å². The van der Waals surface area contributed by atoms with E-state index in [9.17, 15) is 9.59 Å². The summed E-state index contributed by atoms with van der Waals surface area (Å²) in [5.74, 6) is 1.36. The third kappa shape index (κ3) is 7.27. The van der Waals surface area contributed by atoms with Crippen molar-refractivity contribution >= 4 is 40.6 Å². The number of amides is 2. The van der Waals surface area contributed by atoms with Crippen LogP contribution in [0.25, 0.3) is 5.57 Å². The van der Waals surface area contributed by atoms with E-state index in [4.69, 9.17) is 32.7 Å². The molecule has 0 spiro atoms. The number of nitrogens with zero attached hydrogens (tertiary/aromatic N) is 2. The maximum atomic E-state index is 13.9. The van der Waals surface area contributed by atoms with E-state index in [-0.39, 0.29) is 23.9 Å². The van der Waals surface area contributed by atoms with Gasteiger partial charge in [0.1, 0.15) is 24.7 Å². The van der Waals surface area contributed by atoms with Crippen LogP contribution >= 0.6 is 23.2 Å². The van der Waals surface area contributed by atoms with Gasteiger partial charge in [-0.3, -0.25) is 9.59 Å². The largest absolute Gasteiger partial charge is 0.490 e. The van der Waals surface area contributed by atoms with Gasteiger partial charge in [-0.2, -0.15) is 0 Å². The lowest BCUT2D eigenvalue weighted by Gasteiger charge is -2.44. The minimum atomic E-state index is -0.225. The lowest BCUT2D eigenvalue weighted by Crippen LogP contribution is -2.61. The Hall–Kier alpha value is -3.52. The van der Waals surface area contributed by atoms with Gasteiger partial charge in [0.2, 0.25) is 5.91 Å². The highest BCUT2D eigenvalue weighted by molar-refractivity contribution is 6.42. The highest BCUT2D eigenvalue weighted by atomic mass is 35.5. The molecule has 5 rings (SSSR count). The first-order chi connectivity index (χ1) is 20.3. The van der Waals surface area contributed by atoms with E-state index in [1.165, 1.54) is 5.56 Å². The number of benzene rings is 3. The van der Waals surface area contributed by atoms with Crippen molar-refractivity contribution in [3.63, 3.8) is 0 Å². The number of ether oxygens (including phenoxy) is 2. The zero-order valence-electron chi connectivity index (χ0n) is 23.8. The maximum Gasteiger partial charge on any atom is 0.251 e. The number of piperazine rings is 1. The molecular weight excluding hydrogens is 573 g/mol. The highest BCUT2D eigenvalue weighted by Crippen LogP contribution is 2.35. The molecule has 3 aromatic carbocycles. The summed E-state index contributed by atoms with van der Waals surface area (Å²) >= 11 is 12.0. The molecule has 42 heavy (non-hydrogen) atoms. The smallest absolute Gasteiger partial charge is 0.251 e. The van der Waals surface area contributed by atoms with E-state index < -0.39 is 0 Å². The van der Waals surface area contributed by atoms with Gasteiger partial charge < -0.3 is 24.6 Å². The van der Waals surface area contributed by atoms with E-state index in [0.29, 0.717) is 60.8 Å². The van der Waals surface area contributed by atoms with Crippen LogP contribution in [0.3, 0.4) is 0 Å². The van der Waals surface area contributed by atoms with Gasteiger partial charge in [-0.05, 0) is 53.8 Å². The molecule has 1 fully saturated rings. The van der Waals surface area contributed by atoms with Crippen LogP contribution < -0.4 is 14.8 Å². The third-order valence-corrected chi connectivity index (χ3v) is 8.46. The number of rotatable bonds is 10. The highest BCUT2D eigenvalue weighted by Gasteiger charge is 2.39. The van der Waals surface area contributed by atoms with Crippen LogP contribution in [0, 0.1) is 0 Å². The molecule has 2 aliphatic rings. The number of carbonyl (C=O) groups is 2. The summed E-state index contributed by atoms with van der Waals surface area (Å²) in [6, 6.07) is 23.0. The molecule has 0 aromatic heterocycles. The quantitative estimate of drug-likeness (QED) is 0.308. The first-order valence-electron chi connectivity index (χ1n) is 14.1. The van der Waals surface area contributed by atoms with Gasteiger partial charge in [-0.1, -0.05) is 65.7 Å². The molecule has 1 N–H and O–H groups in total. The van der Waals surface area contributed by atoms with Crippen LogP contribution in [-0.2, 0) is 16.0 Å². The number of likely N-dealkylation sites (N-methyl/N-ethyl adjacent to an activating group) is 1.